The van der Waals surface area contributed by atoms with Crippen molar-refractivity contribution in [2.24, 2.45) is 0 Å². The van der Waals surface area contributed by atoms with Gasteiger partial charge in [-0.05, 0) is 24.0 Å². The van der Waals surface area contributed by atoms with Crippen LogP contribution in [0.2, 0.25) is 0 Å². The van der Waals surface area contributed by atoms with Crippen LogP contribution in [-0.4, -0.2) is 16.7 Å². The van der Waals surface area contributed by atoms with Crippen molar-refractivity contribution in [1.82, 2.24) is 5.32 Å². The molecule has 2 aromatic carbocycles. The highest BCUT2D eigenvalue weighted by Gasteiger charge is 2.36. The second-order valence-electron chi connectivity index (χ2n) is 6.40. The normalized spacial score (nSPS) is 24.8. The van der Waals surface area contributed by atoms with E-state index in [1.807, 2.05) is 36.4 Å². The highest BCUT2D eigenvalue weighted by Crippen LogP contribution is 2.30. The van der Waals surface area contributed by atoms with Gasteiger partial charge in [0.1, 0.15) is 0 Å². The molecule has 0 aliphatic heterocycles. The molecular formula is C21H25NO. The molecule has 120 valence electrons. The zero-order valence-corrected chi connectivity index (χ0v) is 13.5. The summed E-state index contributed by atoms with van der Waals surface area (Å²) in [5.41, 5.74) is 1.63. The molecule has 0 saturated heterocycles. The molecule has 0 amide bonds. The Morgan fingerprint density at radius 2 is 1.70 bits per heavy atom. The van der Waals surface area contributed by atoms with Gasteiger partial charge >= 0.3 is 0 Å². The summed E-state index contributed by atoms with van der Waals surface area (Å²) in [5, 5.41) is 14.7. The lowest BCUT2D eigenvalue weighted by molar-refractivity contribution is 0.0171. The third kappa shape index (κ3) is 4.31. The Kier molecular flexibility index (Phi) is 5.27. The first-order valence-corrected chi connectivity index (χ1v) is 8.50. The molecule has 2 nitrogen and oxygen atoms in total. The van der Waals surface area contributed by atoms with Gasteiger partial charge in [0, 0.05) is 12.6 Å². The minimum absolute atomic E-state index is 0.108. The van der Waals surface area contributed by atoms with E-state index in [1.165, 1.54) is 12.0 Å². The zero-order valence-electron chi connectivity index (χ0n) is 13.5. The fraction of sp³-hybridized carbons (Fsp3) is 0.333. The quantitative estimate of drug-likeness (QED) is 0.869. The molecule has 0 aromatic heterocycles. The van der Waals surface area contributed by atoms with Crippen LogP contribution in [0.1, 0.15) is 36.8 Å². The number of hydrogen-bond donors (Lipinski definition) is 2. The van der Waals surface area contributed by atoms with Crippen LogP contribution in [0.5, 0.6) is 0 Å². The van der Waals surface area contributed by atoms with Crippen LogP contribution < -0.4 is 5.32 Å². The van der Waals surface area contributed by atoms with Crippen molar-refractivity contribution in [3.05, 3.63) is 77.9 Å². The molecule has 0 unspecified atom stereocenters. The molecule has 2 heteroatoms. The number of rotatable bonds is 5. The van der Waals surface area contributed by atoms with Gasteiger partial charge in [-0.1, -0.05) is 85.7 Å². The van der Waals surface area contributed by atoms with E-state index in [-0.39, 0.29) is 6.04 Å². The highest BCUT2D eigenvalue weighted by molar-refractivity contribution is 5.50. The van der Waals surface area contributed by atoms with Crippen LogP contribution in [0, 0.1) is 0 Å². The van der Waals surface area contributed by atoms with Gasteiger partial charge in [-0.25, -0.2) is 0 Å². The van der Waals surface area contributed by atoms with Crippen LogP contribution >= 0.6 is 0 Å². The van der Waals surface area contributed by atoms with Gasteiger partial charge in [0.25, 0.3) is 0 Å². The Hall–Kier alpha value is -1.90. The zero-order chi connectivity index (χ0) is 16.0. The minimum atomic E-state index is -0.761. The molecule has 2 aromatic rings. The van der Waals surface area contributed by atoms with Gasteiger partial charge in [0.15, 0.2) is 0 Å². The summed E-state index contributed by atoms with van der Waals surface area (Å²) in [6.07, 6.45) is 8.13. The first kappa shape index (κ1) is 16.0. The van der Waals surface area contributed by atoms with Crippen LogP contribution in [0.3, 0.4) is 0 Å². The van der Waals surface area contributed by atoms with Gasteiger partial charge < -0.3 is 10.4 Å². The smallest absolute Gasteiger partial charge is 0.0983 e. The Morgan fingerprint density at radius 3 is 2.43 bits per heavy atom. The van der Waals surface area contributed by atoms with Crippen LogP contribution in [-0.2, 0) is 6.54 Å². The largest absolute Gasteiger partial charge is 0.384 e. The third-order valence-corrected chi connectivity index (χ3v) is 4.68. The standard InChI is InChI=1S/C21H25NO/c23-21(16-14-18-9-3-1-4-10-18)15-8-7-13-20(21)22-17-19-11-5-2-6-12-19/h1-6,9-12,14,16,20,22-23H,7-8,13,15,17H2/b16-14+/t20-,21-/m0/s1. The summed E-state index contributed by atoms with van der Waals surface area (Å²) < 4.78 is 0. The predicted molar refractivity (Wildman–Crippen MR) is 96.0 cm³/mol. The van der Waals surface area contributed by atoms with Crippen molar-refractivity contribution < 1.29 is 5.11 Å². The van der Waals surface area contributed by atoms with Crippen molar-refractivity contribution >= 4 is 6.08 Å². The number of nitrogens with one attached hydrogen (secondary N) is 1. The first-order valence-electron chi connectivity index (χ1n) is 8.50. The lowest BCUT2D eigenvalue weighted by Crippen LogP contribution is -2.51. The molecule has 0 radical (unpaired) electrons. The number of hydrogen-bond acceptors (Lipinski definition) is 2. The topological polar surface area (TPSA) is 32.3 Å². The molecule has 2 atom stereocenters. The van der Waals surface area contributed by atoms with E-state index < -0.39 is 5.60 Å². The van der Waals surface area contributed by atoms with Crippen molar-refractivity contribution in [2.75, 3.05) is 0 Å². The van der Waals surface area contributed by atoms with E-state index in [0.717, 1.165) is 31.4 Å². The van der Waals surface area contributed by atoms with Gasteiger partial charge in [0.2, 0.25) is 0 Å². The van der Waals surface area contributed by atoms with Crippen molar-refractivity contribution in [2.45, 2.75) is 43.9 Å². The summed E-state index contributed by atoms with van der Waals surface area (Å²) in [7, 11) is 0. The Balaban J connectivity index is 1.68. The maximum atomic E-state index is 11.1. The number of aliphatic hydroxyl groups is 1. The Morgan fingerprint density at radius 1 is 1.00 bits per heavy atom. The van der Waals surface area contributed by atoms with Gasteiger partial charge in [-0.15, -0.1) is 0 Å². The van der Waals surface area contributed by atoms with E-state index >= 15 is 0 Å². The summed E-state index contributed by atoms with van der Waals surface area (Å²) in [6, 6.07) is 20.7. The lowest BCUT2D eigenvalue weighted by atomic mass is 9.79. The molecule has 23 heavy (non-hydrogen) atoms. The van der Waals surface area contributed by atoms with Crippen LogP contribution in [0.15, 0.2) is 66.7 Å². The predicted octanol–water partition coefficient (Wildman–Crippen LogP) is 4.16. The van der Waals surface area contributed by atoms with Gasteiger partial charge in [-0.2, -0.15) is 0 Å². The summed E-state index contributed by atoms with van der Waals surface area (Å²) >= 11 is 0. The van der Waals surface area contributed by atoms with Crippen molar-refractivity contribution in [1.29, 1.82) is 0 Å². The first-order chi connectivity index (χ1) is 11.3. The SMILES string of the molecule is O[C@]1(/C=C/c2ccccc2)CCCC[C@@H]1NCc1ccccc1. The Labute approximate surface area is 138 Å². The lowest BCUT2D eigenvalue weighted by Gasteiger charge is -2.38. The second-order valence-corrected chi connectivity index (χ2v) is 6.40. The van der Waals surface area contributed by atoms with Crippen molar-refractivity contribution in [3.8, 4) is 0 Å². The van der Waals surface area contributed by atoms with Crippen LogP contribution in [0.4, 0.5) is 0 Å². The summed E-state index contributed by atoms with van der Waals surface area (Å²) in [4.78, 5) is 0. The molecular weight excluding hydrogens is 282 g/mol. The monoisotopic (exact) mass is 307 g/mol. The average molecular weight is 307 g/mol. The third-order valence-electron chi connectivity index (χ3n) is 4.68. The molecule has 1 aliphatic carbocycles. The Bertz CT molecular complexity index is 623. The minimum Gasteiger partial charge on any atom is -0.384 e. The summed E-state index contributed by atoms with van der Waals surface area (Å²) in [6.45, 7) is 0.799. The maximum Gasteiger partial charge on any atom is 0.0983 e. The van der Waals surface area contributed by atoms with E-state index in [4.69, 9.17) is 0 Å². The molecule has 2 N–H and O–H groups in total. The maximum absolute atomic E-state index is 11.1. The molecule has 1 aliphatic rings. The molecule has 3 rings (SSSR count). The molecule has 0 spiro atoms. The molecule has 0 heterocycles. The van der Waals surface area contributed by atoms with Crippen LogP contribution in [0.25, 0.3) is 6.08 Å². The van der Waals surface area contributed by atoms with Gasteiger partial charge in [-0.3, -0.25) is 0 Å². The highest BCUT2D eigenvalue weighted by atomic mass is 16.3. The average Bonchev–Trinajstić information content (AvgIpc) is 2.61. The van der Waals surface area contributed by atoms with Crippen molar-refractivity contribution in [3.63, 3.8) is 0 Å². The second kappa shape index (κ2) is 7.58. The fourth-order valence-corrected chi connectivity index (χ4v) is 3.30. The molecule has 1 saturated carbocycles. The number of benzene rings is 2. The van der Waals surface area contributed by atoms with E-state index in [0.29, 0.717) is 0 Å². The van der Waals surface area contributed by atoms with E-state index in [2.05, 4.69) is 41.7 Å². The fourth-order valence-electron chi connectivity index (χ4n) is 3.30. The van der Waals surface area contributed by atoms with E-state index in [1.54, 1.807) is 0 Å². The van der Waals surface area contributed by atoms with Gasteiger partial charge in [0.05, 0.1) is 5.60 Å². The van der Waals surface area contributed by atoms with E-state index in [9.17, 15) is 5.11 Å². The molecule has 0 bridgehead atoms. The molecule has 1 fully saturated rings. The summed E-state index contributed by atoms with van der Waals surface area (Å²) in [5.74, 6) is 0.